The van der Waals surface area contributed by atoms with Gasteiger partial charge in [0.15, 0.2) is 51.1 Å². The summed E-state index contributed by atoms with van der Waals surface area (Å²) in [5.41, 5.74) is 7.24. The van der Waals surface area contributed by atoms with Crippen molar-refractivity contribution in [3.05, 3.63) is 238 Å². The van der Waals surface area contributed by atoms with E-state index in [1.165, 1.54) is 36.4 Å². The second-order valence-corrected chi connectivity index (χ2v) is 30.8. The Bertz CT molecular complexity index is 5690. The van der Waals surface area contributed by atoms with Crippen molar-refractivity contribution in [3.8, 4) is 68.8 Å². The number of nitrogens with two attached hydrogens (primary N) is 2. The molecule has 127 heavy (non-hydrogen) atoms. The highest BCUT2D eigenvalue weighted by atomic mass is 32.1. The summed E-state index contributed by atoms with van der Waals surface area (Å²) >= 11 is 8.69. The summed E-state index contributed by atoms with van der Waals surface area (Å²) in [7, 11) is 0. The van der Waals surface area contributed by atoms with Crippen LogP contribution in [0, 0.1) is 0 Å². The van der Waals surface area contributed by atoms with Crippen LogP contribution in [0.2, 0.25) is 0 Å². The number of esters is 6. The summed E-state index contributed by atoms with van der Waals surface area (Å²) in [6, 6.07) is 32.0. The summed E-state index contributed by atoms with van der Waals surface area (Å²) in [4.78, 5) is 157. The third-order valence-corrected chi connectivity index (χ3v) is 21.3. The zero-order valence-electron chi connectivity index (χ0n) is 66.9. The van der Waals surface area contributed by atoms with E-state index < -0.39 is 249 Å². The zero-order valence-corrected chi connectivity index (χ0v) is 68.7. The lowest BCUT2D eigenvalue weighted by Gasteiger charge is -2.40. The van der Waals surface area contributed by atoms with Crippen molar-refractivity contribution in [2.45, 2.75) is 135 Å². The molecular weight excluding hydrogens is 1700 g/mol. The number of benzene rings is 8. The van der Waals surface area contributed by atoms with Crippen molar-refractivity contribution >= 4 is 108 Å². The van der Waals surface area contributed by atoms with Crippen LogP contribution in [0.4, 0.5) is 0 Å². The number of hydrogen-bond donors (Lipinski definition) is 20. The maximum Gasteiger partial charge on any atom is 0.343 e. The summed E-state index contributed by atoms with van der Waals surface area (Å²) in [6.07, 6.45) is -12.5. The molecule has 9 aromatic rings. The molecule has 0 saturated heterocycles. The van der Waals surface area contributed by atoms with Gasteiger partial charge in [-0.2, -0.15) is 25.3 Å². The number of carbonyl (C=O) groups excluding carboxylic acids is 10. The molecule has 2 saturated carbocycles. The quantitative estimate of drug-likeness (QED) is 0.00923. The minimum Gasteiger partial charge on any atom is -0.508 e. The number of nitrogens with one attached hydrogen (secondary N) is 4. The van der Waals surface area contributed by atoms with Crippen LogP contribution in [0.3, 0.4) is 0 Å². The van der Waals surface area contributed by atoms with Crippen LogP contribution >= 0.6 is 25.3 Å². The van der Waals surface area contributed by atoms with E-state index in [4.69, 9.17) is 44.3 Å². The Labute approximate surface area is 732 Å². The van der Waals surface area contributed by atoms with E-state index in [2.05, 4.69) is 46.5 Å². The molecule has 0 radical (unpaired) electrons. The SMILES string of the molecule is NC(Cc1ccc(O)cc1)C(=O)NC(Cc1ccccc1)C(=O)NC(CS)C(=O)Oc1cc(OC(=O)C(CS)NC(=O)C(Cc2ccccc2)NC(=O)C(N)Cc2ccc(O)cc2)c2c(=O)cc(-c3ccc(OC(=O)C4(O)CC(O)C(O)C(OC(=O)/C=C/c5ccc(O)c(O)c5)C4)c(OC(=O)C4(O)CC(O)C(O)C(OC(=O)/C=C/c5ccc(O)c(O)c5)C4)c3)oc2c1. The van der Waals surface area contributed by atoms with E-state index in [0.29, 0.717) is 22.3 Å². The Morgan fingerprint density at radius 3 is 1.29 bits per heavy atom. The third kappa shape index (κ3) is 24.7. The number of fused-ring (bicyclic) bond motifs is 1. The minimum absolute atomic E-state index is 0.0351. The largest absolute Gasteiger partial charge is 0.508 e. The molecule has 2 aliphatic rings. The summed E-state index contributed by atoms with van der Waals surface area (Å²) in [5.74, 6) is -19.0. The first kappa shape index (κ1) is 94.0. The van der Waals surface area contributed by atoms with Gasteiger partial charge in [0.1, 0.15) is 88.3 Å². The van der Waals surface area contributed by atoms with Crippen LogP contribution in [-0.4, -0.2) is 216 Å². The molecule has 8 aromatic carbocycles. The molecule has 1 heterocycles. The highest BCUT2D eigenvalue weighted by Crippen LogP contribution is 2.42. The summed E-state index contributed by atoms with van der Waals surface area (Å²) in [6.45, 7) is 0. The Balaban J connectivity index is 0.943. The van der Waals surface area contributed by atoms with Crippen LogP contribution in [0.25, 0.3) is 34.4 Å². The number of hydrogen-bond acceptors (Lipinski definition) is 34. The first-order chi connectivity index (χ1) is 60.4. The molecule has 4 amide bonds. The molecule has 0 aliphatic heterocycles. The van der Waals surface area contributed by atoms with Crippen molar-refractivity contribution in [1.82, 2.24) is 21.3 Å². The topological polar surface area (TPSA) is 599 Å². The molecule has 1 aromatic heterocycles. The van der Waals surface area contributed by atoms with E-state index in [9.17, 15) is 109 Å². The summed E-state index contributed by atoms with van der Waals surface area (Å²) < 4.78 is 40.4. The van der Waals surface area contributed by atoms with Gasteiger partial charge in [0.05, 0.1) is 24.3 Å². The van der Waals surface area contributed by atoms with Crippen LogP contribution in [0.1, 0.15) is 59.1 Å². The summed E-state index contributed by atoms with van der Waals surface area (Å²) in [5, 5.41) is 138. The molecular formula is C89H88N6O30S2. The number of phenolic OH excluding ortho intramolecular Hbond substituents is 6. The molecule has 666 valence electrons. The average molecular weight is 1790 g/mol. The Hall–Kier alpha value is -13.7. The normalized spacial score (nSPS) is 20.0. The van der Waals surface area contributed by atoms with Crippen molar-refractivity contribution in [2.75, 3.05) is 11.5 Å². The first-order valence-electron chi connectivity index (χ1n) is 39.1. The predicted octanol–water partition coefficient (Wildman–Crippen LogP) is 2.48. The number of phenols is 6. The lowest BCUT2D eigenvalue weighted by atomic mass is 9.79. The standard InChI is InChI=1S/C89H88N6O30S2/c90-55(29-47-11-20-52(96)21-12-47)80(109)92-57(31-45-7-3-1-4-8-45)82(111)94-59(43-126)84(113)119-54-36-71-77(72(37-54)123-85(114)60(44-127)95-83(112)58(32-46-9-5-2-6-10-46)93-81(110)56(91)30-48-13-22-53(97)23-14-48)65(102)38-69(120-71)51-19-26-68(124-86(115)88(117)39-66(103)78(107)73(41-88)121-75(105)27-17-49-15-24-61(98)63(100)33-49)70(35-51)125-87(116)89(118)40-67(104)79(108)74(42-89)122-76(106)28-18-50-16-25-62(99)64(101)34-50/h1-28,33-38,55-60,66-67,73-74,78-79,96-101,103-104,107-108,117-118,126-127H,29-32,39-44,90-91H2,(H,92,109)(H,93,110)(H,94,111)(H,95,112)/b27-17+,28-18+. The highest BCUT2D eigenvalue weighted by Gasteiger charge is 2.54. The molecule has 11 rings (SSSR count). The van der Waals surface area contributed by atoms with Crippen LogP contribution in [-0.2, 0) is 83.1 Å². The number of ether oxygens (including phenoxy) is 6. The van der Waals surface area contributed by atoms with Crippen molar-refractivity contribution in [3.63, 3.8) is 0 Å². The first-order valence-corrected chi connectivity index (χ1v) is 40.4. The number of thiol groups is 2. The van der Waals surface area contributed by atoms with Gasteiger partial charge in [0.25, 0.3) is 0 Å². The lowest BCUT2D eigenvalue weighted by Crippen LogP contribution is -2.58. The van der Waals surface area contributed by atoms with E-state index in [0.717, 1.165) is 85.0 Å². The fourth-order valence-electron chi connectivity index (χ4n) is 13.7. The Morgan fingerprint density at radius 2 is 0.858 bits per heavy atom. The van der Waals surface area contributed by atoms with Crippen molar-refractivity contribution in [2.24, 2.45) is 11.5 Å². The van der Waals surface area contributed by atoms with E-state index in [1.807, 2.05) is 0 Å². The fourth-order valence-corrected chi connectivity index (χ4v) is 14.2. The smallest absolute Gasteiger partial charge is 0.343 e. The monoisotopic (exact) mass is 1780 g/mol. The molecule has 2 aliphatic carbocycles. The van der Waals surface area contributed by atoms with E-state index in [1.54, 1.807) is 84.9 Å². The van der Waals surface area contributed by atoms with Gasteiger partial charge < -0.3 is 127 Å². The fraction of sp³-hybridized carbons (Fsp3) is 0.270. The second kappa shape index (κ2) is 41.9. The number of carbonyl (C=O) groups is 10. The Morgan fingerprint density at radius 1 is 0.441 bits per heavy atom. The number of aliphatic hydroxyl groups is 6. The van der Waals surface area contributed by atoms with E-state index >= 15 is 4.79 Å². The maximum absolute atomic E-state index is 15.1. The second-order valence-electron chi connectivity index (χ2n) is 30.1. The number of amides is 4. The van der Waals surface area contributed by atoms with Gasteiger partial charge in [-0.15, -0.1) is 0 Å². The lowest BCUT2D eigenvalue weighted by molar-refractivity contribution is -0.195. The van der Waals surface area contributed by atoms with Gasteiger partial charge in [-0.25, -0.2) is 28.8 Å². The molecule has 0 spiro atoms. The number of aliphatic hydroxyl groups excluding tert-OH is 4. The molecule has 38 heteroatoms. The Kier molecular flexibility index (Phi) is 31.0. The van der Waals surface area contributed by atoms with E-state index in [-0.39, 0.29) is 53.9 Å². The van der Waals surface area contributed by atoms with Crippen molar-refractivity contribution < 1.29 is 142 Å². The average Bonchev–Trinajstić information content (AvgIpc) is 0.763. The molecule has 20 N–H and O–H groups in total. The molecule has 14 unspecified atom stereocenters. The van der Waals surface area contributed by atoms with Crippen LogP contribution in [0.5, 0.6) is 57.5 Å². The van der Waals surface area contributed by atoms with Crippen molar-refractivity contribution in [1.29, 1.82) is 0 Å². The molecule has 14 atom stereocenters. The van der Waals surface area contributed by atoms with Gasteiger partial charge in [0, 0.05) is 85.9 Å². The number of rotatable bonds is 33. The van der Waals surface area contributed by atoms with Gasteiger partial charge in [-0.1, -0.05) is 97.1 Å². The minimum atomic E-state index is -2.97. The maximum atomic E-state index is 15.1. The molecule has 36 nitrogen and oxygen atoms in total. The number of aromatic hydroxyl groups is 6. The zero-order chi connectivity index (χ0) is 91.7. The van der Waals surface area contributed by atoms with Gasteiger partial charge in [-0.3, -0.25) is 24.0 Å². The molecule has 0 bridgehead atoms. The molecule has 2 fully saturated rings. The van der Waals surface area contributed by atoms with Gasteiger partial charge >= 0.3 is 35.8 Å². The van der Waals surface area contributed by atoms with Gasteiger partial charge in [0.2, 0.25) is 23.6 Å². The third-order valence-electron chi connectivity index (χ3n) is 20.5. The van der Waals surface area contributed by atoms with Crippen LogP contribution in [0.15, 0.2) is 203 Å². The predicted molar refractivity (Wildman–Crippen MR) is 456 cm³/mol. The highest BCUT2D eigenvalue weighted by molar-refractivity contribution is 7.80. The van der Waals surface area contributed by atoms with Crippen LogP contribution < -0.4 is 57.1 Å². The van der Waals surface area contributed by atoms with Gasteiger partial charge in [-0.05, 0) is 125 Å².